The van der Waals surface area contributed by atoms with Crippen molar-refractivity contribution >= 4 is 22.9 Å². The standard InChI is InChI=1S/C18H18F3N3.BrH/c19-18(20,21)15-8-4-7-14(12-15)16(24-17-22-9-10-23-17)11-13-5-2-1-3-6-13;/h1-8,12,16H,9-11H2,(H2,22,23,24);1H. The van der Waals surface area contributed by atoms with Gasteiger partial charge in [-0.3, -0.25) is 4.99 Å². The maximum atomic E-state index is 13.0. The average molecular weight is 414 g/mol. The summed E-state index contributed by atoms with van der Waals surface area (Å²) in [7, 11) is 0. The second-order valence-electron chi connectivity index (χ2n) is 5.67. The van der Waals surface area contributed by atoms with Crippen molar-refractivity contribution in [1.82, 2.24) is 10.6 Å². The fourth-order valence-corrected chi connectivity index (χ4v) is 2.69. The van der Waals surface area contributed by atoms with Crippen molar-refractivity contribution in [2.75, 3.05) is 13.1 Å². The highest BCUT2D eigenvalue weighted by Crippen LogP contribution is 2.31. The van der Waals surface area contributed by atoms with Gasteiger partial charge in [0.05, 0.1) is 18.2 Å². The average Bonchev–Trinajstić information content (AvgIpc) is 3.08. The van der Waals surface area contributed by atoms with E-state index in [1.807, 2.05) is 30.3 Å². The van der Waals surface area contributed by atoms with E-state index in [9.17, 15) is 13.2 Å². The van der Waals surface area contributed by atoms with Crippen LogP contribution in [-0.2, 0) is 12.6 Å². The number of halogens is 4. The second-order valence-corrected chi connectivity index (χ2v) is 5.67. The number of guanidine groups is 1. The Morgan fingerprint density at radius 1 is 1.08 bits per heavy atom. The van der Waals surface area contributed by atoms with Gasteiger partial charge in [-0.1, -0.05) is 42.5 Å². The topological polar surface area (TPSA) is 36.4 Å². The van der Waals surface area contributed by atoms with Gasteiger partial charge >= 0.3 is 6.18 Å². The minimum atomic E-state index is -4.35. The van der Waals surface area contributed by atoms with Crippen LogP contribution in [0.2, 0.25) is 0 Å². The van der Waals surface area contributed by atoms with E-state index in [4.69, 9.17) is 0 Å². The highest BCUT2D eigenvalue weighted by Gasteiger charge is 2.31. The van der Waals surface area contributed by atoms with Crippen LogP contribution in [0.15, 0.2) is 59.6 Å². The van der Waals surface area contributed by atoms with Crippen molar-refractivity contribution in [2.24, 2.45) is 4.99 Å². The number of rotatable bonds is 4. The Balaban J connectivity index is 0.00000225. The molecule has 3 nitrogen and oxygen atoms in total. The van der Waals surface area contributed by atoms with Crippen molar-refractivity contribution in [1.29, 1.82) is 0 Å². The number of nitrogens with one attached hydrogen (secondary N) is 2. The summed E-state index contributed by atoms with van der Waals surface area (Å²) in [5.74, 6) is 0.633. The lowest BCUT2D eigenvalue weighted by Crippen LogP contribution is -2.37. The molecule has 1 heterocycles. The van der Waals surface area contributed by atoms with Crippen LogP contribution in [0.3, 0.4) is 0 Å². The third kappa shape index (κ3) is 5.22. The zero-order valence-electron chi connectivity index (χ0n) is 13.4. The van der Waals surface area contributed by atoms with Gasteiger partial charge in [0.25, 0.3) is 0 Å². The number of nitrogens with zero attached hydrogens (tertiary/aromatic N) is 1. The van der Waals surface area contributed by atoms with Gasteiger partial charge < -0.3 is 10.6 Å². The van der Waals surface area contributed by atoms with Crippen LogP contribution in [0.5, 0.6) is 0 Å². The SMILES string of the molecule is Br.FC(F)(F)c1cccc(C(Cc2ccccc2)NC2=NCCN2)c1. The van der Waals surface area contributed by atoms with Crippen LogP contribution >= 0.6 is 17.0 Å². The Kier molecular flexibility index (Phi) is 6.47. The van der Waals surface area contributed by atoms with E-state index >= 15 is 0 Å². The Bertz CT molecular complexity index is 717. The lowest BCUT2D eigenvalue weighted by Gasteiger charge is -2.21. The molecule has 0 saturated heterocycles. The number of hydrogen-bond acceptors (Lipinski definition) is 3. The summed E-state index contributed by atoms with van der Waals surface area (Å²) in [6.07, 6.45) is -3.78. The first-order chi connectivity index (χ1) is 11.5. The molecule has 0 aromatic heterocycles. The molecule has 0 fully saturated rings. The molecule has 2 aromatic carbocycles. The molecular formula is C18H19BrF3N3. The number of benzene rings is 2. The fraction of sp³-hybridized carbons (Fsp3) is 0.278. The van der Waals surface area contributed by atoms with E-state index in [1.54, 1.807) is 6.07 Å². The molecule has 7 heteroatoms. The molecule has 0 bridgehead atoms. The molecule has 134 valence electrons. The minimum Gasteiger partial charge on any atom is -0.355 e. The molecule has 1 aliphatic heterocycles. The molecule has 1 unspecified atom stereocenters. The van der Waals surface area contributed by atoms with Crippen molar-refractivity contribution < 1.29 is 13.2 Å². The molecule has 0 spiro atoms. The molecule has 25 heavy (non-hydrogen) atoms. The highest BCUT2D eigenvalue weighted by atomic mass is 79.9. The monoisotopic (exact) mass is 413 g/mol. The summed E-state index contributed by atoms with van der Waals surface area (Å²) in [5.41, 5.74) is 0.997. The molecular weight excluding hydrogens is 395 g/mol. The second kappa shape index (κ2) is 8.38. The lowest BCUT2D eigenvalue weighted by molar-refractivity contribution is -0.137. The Morgan fingerprint density at radius 3 is 2.48 bits per heavy atom. The van der Waals surface area contributed by atoms with Gasteiger partial charge in [0.1, 0.15) is 0 Å². The largest absolute Gasteiger partial charge is 0.416 e. The summed E-state index contributed by atoms with van der Waals surface area (Å²) < 4.78 is 39.0. The molecule has 2 N–H and O–H groups in total. The van der Waals surface area contributed by atoms with Crippen LogP contribution in [0.4, 0.5) is 13.2 Å². The molecule has 0 radical (unpaired) electrons. The van der Waals surface area contributed by atoms with Crippen LogP contribution in [0.25, 0.3) is 0 Å². The van der Waals surface area contributed by atoms with E-state index in [-0.39, 0.29) is 23.0 Å². The Hall–Kier alpha value is -2.02. The van der Waals surface area contributed by atoms with Gasteiger partial charge in [-0.15, -0.1) is 17.0 Å². The lowest BCUT2D eigenvalue weighted by atomic mass is 9.97. The molecule has 2 aromatic rings. The molecule has 0 saturated carbocycles. The molecule has 1 atom stereocenters. The number of alkyl halides is 3. The summed E-state index contributed by atoms with van der Waals surface area (Å²) in [4.78, 5) is 4.29. The molecule has 1 aliphatic rings. The maximum absolute atomic E-state index is 13.0. The van der Waals surface area contributed by atoms with Crippen LogP contribution < -0.4 is 10.6 Å². The van der Waals surface area contributed by atoms with Gasteiger partial charge in [0.2, 0.25) is 0 Å². The first kappa shape index (κ1) is 19.3. The first-order valence-corrected chi connectivity index (χ1v) is 7.78. The zero-order valence-corrected chi connectivity index (χ0v) is 15.1. The summed E-state index contributed by atoms with van der Waals surface area (Å²) >= 11 is 0. The van der Waals surface area contributed by atoms with E-state index in [2.05, 4.69) is 15.6 Å². The van der Waals surface area contributed by atoms with E-state index in [0.29, 0.717) is 24.5 Å². The van der Waals surface area contributed by atoms with Crippen molar-refractivity contribution in [3.8, 4) is 0 Å². The number of aliphatic imine (C=N–C) groups is 1. The van der Waals surface area contributed by atoms with Crippen LogP contribution in [0.1, 0.15) is 22.7 Å². The first-order valence-electron chi connectivity index (χ1n) is 7.78. The van der Waals surface area contributed by atoms with Crippen molar-refractivity contribution in [3.05, 3.63) is 71.3 Å². The minimum absolute atomic E-state index is 0. The van der Waals surface area contributed by atoms with Gasteiger partial charge in [-0.25, -0.2) is 0 Å². The predicted octanol–water partition coefficient (Wildman–Crippen LogP) is 4.12. The third-order valence-electron chi connectivity index (χ3n) is 3.88. The Morgan fingerprint density at radius 2 is 1.84 bits per heavy atom. The van der Waals surface area contributed by atoms with E-state index < -0.39 is 11.7 Å². The van der Waals surface area contributed by atoms with Gasteiger partial charge in [0.15, 0.2) is 5.96 Å². The molecule has 0 amide bonds. The van der Waals surface area contributed by atoms with Crippen LogP contribution in [-0.4, -0.2) is 19.0 Å². The summed E-state index contributed by atoms with van der Waals surface area (Å²) in [6, 6.07) is 14.8. The maximum Gasteiger partial charge on any atom is 0.416 e. The van der Waals surface area contributed by atoms with Gasteiger partial charge in [-0.2, -0.15) is 13.2 Å². The summed E-state index contributed by atoms with van der Waals surface area (Å²) in [6.45, 7) is 1.41. The predicted molar refractivity (Wildman–Crippen MR) is 98.1 cm³/mol. The smallest absolute Gasteiger partial charge is 0.355 e. The van der Waals surface area contributed by atoms with E-state index in [1.165, 1.54) is 12.1 Å². The quantitative estimate of drug-likeness (QED) is 0.790. The zero-order chi connectivity index (χ0) is 17.0. The van der Waals surface area contributed by atoms with Crippen molar-refractivity contribution in [3.63, 3.8) is 0 Å². The van der Waals surface area contributed by atoms with Crippen molar-refractivity contribution in [2.45, 2.75) is 18.6 Å². The fourth-order valence-electron chi connectivity index (χ4n) is 2.69. The molecule has 0 aliphatic carbocycles. The van der Waals surface area contributed by atoms with Crippen LogP contribution in [0, 0.1) is 0 Å². The van der Waals surface area contributed by atoms with Gasteiger partial charge in [-0.05, 0) is 29.7 Å². The third-order valence-corrected chi connectivity index (χ3v) is 3.88. The normalized spacial score (nSPS) is 14.9. The van der Waals surface area contributed by atoms with Gasteiger partial charge in [0, 0.05) is 6.54 Å². The molecule has 3 rings (SSSR count). The Labute approximate surface area is 155 Å². The van der Waals surface area contributed by atoms with E-state index in [0.717, 1.165) is 18.2 Å². The summed E-state index contributed by atoms with van der Waals surface area (Å²) in [5, 5.41) is 6.34. The highest BCUT2D eigenvalue weighted by molar-refractivity contribution is 8.93. The number of hydrogen-bond donors (Lipinski definition) is 2.